The molecule has 0 aliphatic rings. The molecule has 0 bridgehead atoms. The second-order valence-electron chi connectivity index (χ2n) is 2.83. The van der Waals surface area contributed by atoms with Gasteiger partial charge in [-0.25, -0.2) is 4.39 Å². The number of hydrogen-bond donors (Lipinski definition) is 1. The molecular formula is C10H6BrFN4. The Bertz CT molecular complexity index is 509. The molecule has 0 atom stereocenters. The summed E-state index contributed by atoms with van der Waals surface area (Å²) in [6, 6.07) is 6.29. The minimum absolute atomic E-state index is 0.317. The highest BCUT2D eigenvalue weighted by molar-refractivity contribution is 9.10. The van der Waals surface area contributed by atoms with E-state index >= 15 is 0 Å². The normalized spacial score (nSPS) is 8.81. The number of hydrogen-bond acceptors (Lipinski definition) is 4. The van der Waals surface area contributed by atoms with Crippen LogP contribution >= 0.6 is 15.9 Å². The lowest BCUT2D eigenvalue weighted by Crippen LogP contribution is -1.99. The van der Waals surface area contributed by atoms with E-state index in [2.05, 4.69) is 26.5 Å². The molecule has 1 aromatic rings. The van der Waals surface area contributed by atoms with Gasteiger partial charge < -0.3 is 0 Å². The summed E-state index contributed by atoms with van der Waals surface area (Å²) in [6.07, 6.45) is 0. The molecule has 0 unspecified atom stereocenters. The first-order valence-electron chi connectivity index (χ1n) is 4.18. The van der Waals surface area contributed by atoms with E-state index in [1.165, 1.54) is 6.07 Å². The molecule has 0 fully saturated rings. The topological polar surface area (TPSA) is 72.0 Å². The van der Waals surface area contributed by atoms with Crippen molar-refractivity contribution in [3.05, 3.63) is 28.0 Å². The number of hydrazone groups is 1. The van der Waals surface area contributed by atoms with Gasteiger partial charge in [-0.1, -0.05) is 0 Å². The summed E-state index contributed by atoms with van der Waals surface area (Å²) in [5.41, 5.74) is 2.91. The summed E-state index contributed by atoms with van der Waals surface area (Å²) in [4.78, 5) is 0. The molecule has 1 N–H and O–H groups in total. The monoisotopic (exact) mass is 280 g/mol. The lowest BCUT2D eigenvalue weighted by Gasteiger charge is -2.06. The van der Waals surface area contributed by atoms with Gasteiger partial charge in [0.05, 0.1) is 10.2 Å². The van der Waals surface area contributed by atoms with Crippen molar-refractivity contribution in [2.45, 2.75) is 6.92 Å². The van der Waals surface area contributed by atoms with E-state index in [1.54, 1.807) is 25.1 Å². The zero-order valence-electron chi connectivity index (χ0n) is 8.25. The van der Waals surface area contributed by atoms with Crippen LogP contribution in [0.25, 0.3) is 0 Å². The van der Waals surface area contributed by atoms with Crippen LogP contribution in [0.15, 0.2) is 21.7 Å². The van der Waals surface area contributed by atoms with Gasteiger partial charge in [0.15, 0.2) is 0 Å². The largest absolute Gasteiger partial charge is 0.276 e. The second kappa shape index (κ2) is 5.24. The Morgan fingerprint density at radius 2 is 2.06 bits per heavy atom. The van der Waals surface area contributed by atoms with Crippen LogP contribution < -0.4 is 5.43 Å². The molecule has 0 aliphatic carbocycles. The smallest absolute Gasteiger partial charge is 0.237 e. The fraction of sp³-hybridized carbons (Fsp3) is 0.100. The van der Waals surface area contributed by atoms with E-state index in [-0.39, 0.29) is 5.71 Å². The Morgan fingerprint density at radius 3 is 2.62 bits per heavy atom. The zero-order chi connectivity index (χ0) is 12.1. The average molecular weight is 281 g/mol. The van der Waals surface area contributed by atoms with Gasteiger partial charge in [-0.15, -0.1) is 0 Å². The quantitative estimate of drug-likeness (QED) is 0.669. The van der Waals surface area contributed by atoms with Crippen LogP contribution in [0.1, 0.15) is 5.56 Å². The second-order valence-corrected chi connectivity index (χ2v) is 3.68. The van der Waals surface area contributed by atoms with Crippen LogP contribution in [0.2, 0.25) is 0 Å². The van der Waals surface area contributed by atoms with Gasteiger partial charge in [0.25, 0.3) is 0 Å². The van der Waals surface area contributed by atoms with E-state index in [1.807, 2.05) is 0 Å². The van der Waals surface area contributed by atoms with Gasteiger partial charge in [-0.3, -0.25) is 5.43 Å². The molecule has 0 aliphatic heterocycles. The summed E-state index contributed by atoms with van der Waals surface area (Å²) < 4.78 is 13.8. The molecule has 1 aromatic carbocycles. The molecule has 4 nitrogen and oxygen atoms in total. The minimum atomic E-state index is -0.407. The predicted octanol–water partition coefficient (Wildman–Crippen LogP) is 2.71. The molecule has 0 amide bonds. The molecule has 16 heavy (non-hydrogen) atoms. The SMILES string of the molecule is Cc1c(NN=C(C#N)C#N)ccc(Br)c1F. The van der Waals surface area contributed by atoms with Gasteiger partial charge in [0.2, 0.25) is 5.71 Å². The molecule has 1 rings (SSSR count). The first kappa shape index (κ1) is 12.2. The van der Waals surface area contributed by atoms with Gasteiger partial charge in [-0.05, 0) is 35.0 Å². The summed E-state index contributed by atoms with van der Waals surface area (Å²) >= 11 is 3.04. The molecule has 0 saturated heterocycles. The third-order valence-electron chi connectivity index (χ3n) is 1.84. The summed E-state index contributed by atoms with van der Waals surface area (Å²) in [6.45, 7) is 1.57. The van der Waals surface area contributed by atoms with Crippen molar-refractivity contribution in [2.24, 2.45) is 5.10 Å². The number of anilines is 1. The van der Waals surface area contributed by atoms with E-state index in [9.17, 15) is 4.39 Å². The summed E-state index contributed by atoms with van der Waals surface area (Å²) in [5, 5.41) is 20.4. The standard InChI is InChI=1S/C10H6BrFN4/c1-6-9(3-2-8(11)10(6)12)16-15-7(4-13)5-14/h2-3,16H,1H3. The van der Waals surface area contributed by atoms with E-state index in [0.29, 0.717) is 15.7 Å². The van der Waals surface area contributed by atoms with Crippen LogP contribution in [-0.2, 0) is 0 Å². The van der Waals surface area contributed by atoms with Gasteiger partial charge >= 0.3 is 0 Å². The maximum absolute atomic E-state index is 13.4. The molecule has 0 aromatic heterocycles. The number of benzene rings is 1. The Balaban J connectivity index is 3.02. The van der Waals surface area contributed by atoms with Crippen LogP contribution in [0.4, 0.5) is 10.1 Å². The van der Waals surface area contributed by atoms with Crippen molar-refractivity contribution in [1.82, 2.24) is 0 Å². The van der Waals surface area contributed by atoms with E-state index < -0.39 is 5.82 Å². The van der Waals surface area contributed by atoms with Crippen LogP contribution in [-0.4, -0.2) is 5.71 Å². The Labute approximate surface area is 100 Å². The molecule has 0 radical (unpaired) electrons. The first-order chi connectivity index (χ1) is 7.60. The number of halogens is 2. The van der Waals surface area contributed by atoms with Crippen LogP contribution in [0.5, 0.6) is 0 Å². The van der Waals surface area contributed by atoms with Crippen molar-refractivity contribution < 1.29 is 4.39 Å². The lowest BCUT2D eigenvalue weighted by atomic mass is 10.2. The van der Waals surface area contributed by atoms with Crippen molar-refractivity contribution >= 4 is 27.3 Å². The average Bonchev–Trinajstić information content (AvgIpc) is 2.30. The van der Waals surface area contributed by atoms with E-state index in [0.717, 1.165) is 0 Å². The molecule has 0 heterocycles. The maximum atomic E-state index is 13.4. The fourth-order valence-corrected chi connectivity index (χ4v) is 1.39. The third-order valence-corrected chi connectivity index (χ3v) is 2.45. The highest BCUT2D eigenvalue weighted by Gasteiger charge is 2.07. The highest BCUT2D eigenvalue weighted by atomic mass is 79.9. The Hall–Kier alpha value is -1.92. The number of nitriles is 2. The lowest BCUT2D eigenvalue weighted by molar-refractivity contribution is 0.612. The number of nitrogens with one attached hydrogen (secondary N) is 1. The minimum Gasteiger partial charge on any atom is -0.276 e. The van der Waals surface area contributed by atoms with E-state index in [4.69, 9.17) is 10.5 Å². The summed E-state index contributed by atoms with van der Waals surface area (Å²) in [7, 11) is 0. The fourth-order valence-electron chi connectivity index (χ4n) is 0.964. The molecule has 0 spiro atoms. The molecule has 0 saturated carbocycles. The third kappa shape index (κ3) is 2.56. The first-order valence-corrected chi connectivity index (χ1v) is 4.98. The number of rotatable bonds is 2. The van der Waals surface area contributed by atoms with Crippen LogP contribution in [0, 0.1) is 35.4 Å². The molecular weight excluding hydrogens is 275 g/mol. The highest BCUT2D eigenvalue weighted by Crippen LogP contribution is 2.24. The van der Waals surface area contributed by atoms with Crippen molar-refractivity contribution in [2.75, 3.05) is 5.43 Å². The molecule has 80 valence electrons. The Morgan fingerprint density at radius 1 is 1.44 bits per heavy atom. The van der Waals surface area contributed by atoms with Crippen LogP contribution in [0.3, 0.4) is 0 Å². The predicted molar refractivity (Wildman–Crippen MR) is 61.1 cm³/mol. The Kier molecular flexibility index (Phi) is 3.98. The number of nitrogens with zero attached hydrogens (tertiary/aromatic N) is 3. The summed E-state index contributed by atoms with van der Waals surface area (Å²) in [5.74, 6) is -0.407. The van der Waals surface area contributed by atoms with Crippen molar-refractivity contribution in [3.8, 4) is 12.1 Å². The van der Waals surface area contributed by atoms with Gasteiger partial charge in [0.1, 0.15) is 18.0 Å². The zero-order valence-corrected chi connectivity index (χ0v) is 9.84. The maximum Gasteiger partial charge on any atom is 0.237 e. The van der Waals surface area contributed by atoms with Gasteiger partial charge in [-0.2, -0.15) is 15.6 Å². The van der Waals surface area contributed by atoms with Crippen molar-refractivity contribution in [3.63, 3.8) is 0 Å². The van der Waals surface area contributed by atoms with Crippen molar-refractivity contribution in [1.29, 1.82) is 10.5 Å². The van der Waals surface area contributed by atoms with Gasteiger partial charge in [0, 0.05) is 5.56 Å². The molecule has 6 heteroatoms.